The first-order chi connectivity index (χ1) is 15.9. The van der Waals surface area contributed by atoms with E-state index < -0.39 is 0 Å². The van der Waals surface area contributed by atoms with E-state index in [0.29, 0.717) is 11.4 Å². The largest absolute Gasteiger partial charge is 0.369 e. The molecule has 1 aromatic carbocycles. The number of carbonyl (C=O) groups excluding carboxylic acids is 2. The summed E-state index contributed by atoms with van der Waals surface area (Å²) >= 11 is 0. The summed E-state index contributed by atoms with van der Waals surface area (Å²) in [6.07, 6.45) is 2.45. The zero-order valence-electron chi connectivity index (χ0n) is 19.9. The van der Waals surface area contributed by atoms with Crippen LogP contribution in [0.25, 0.3) is 0 Å². The predicted octanol–water partition coefficient (Wildman–Crippen LogP) is 2.79. The van der Waals surface area contributed by atoms with Gasteiger partial charge in [-0.2, -0.15) is 0 Å². The molecule has 0 bridgehead atoms. The molecule has 0 spiro atoms. The van der Waals surface area contributed by atoms with Crippen molar-refractivity contribution < 1.29 is 9.59 Å². The van der Waals surface area contributed by atoms with Gasteiger partial charge in [0.15, 0.2) is 0 Å². The number of carbonyl (C=O) groups is 2. The molecule has 33 heavy (non-hydrogen) atoms. The molecule has 3 N–H and O–H groups in total. The molecule has 0 unspecified atom stereocenters. The van der Waals surface area contributed by atoms with Gasteiger partial charge in [0.25, 0.3) is 5.91 Å². The van der Waals surface area contributed by atoms with Crippen LogP contribution >= 0.6 is 0 Å². The number of nitrogens with zero attached hydrogens (tertiary/aromatic N) is 3. The molecule has 3 heterocycles. The Morgan fingerprint density at radius 1 is 1.18 bits per heavy atom. The lowest BCUT2D eigenvalue weighted by atomic mass is 9.80. The van der Waals surface area contributed by atoms with Gasteiger partial charge in [-0.3, -0.25) is 9.59 Å². The molecule has 2 amide bonds. The topological polar surface area (TPSA) is 89.6 Å². The summed E-state index contributed by atoms with van der Waals surface area (Å²) in [4.78, 5) is 33.4. The fourth-order valence-corrected chi connectivity index (χ4v) is 5.13. The molecule has 2 aliphatic rings. The van der Waals surface area contributed by atoms with Crippen molar-refractivity contribution in [3.05, 3.63) is 47.7 Å². The molecule has 1 fully saturated rings. The Hall–Kier alpha value is -3.13. The van der Waals surface area contributed by atoms with Crippen molar-refractivity contribution >= 4 is 29.0 Å². The highest BCUT2D eigenvalue weighted by atomic mass is 16.2. The van der Waals surface area contributed by atoms with Crippen LogP contribution < -0.4 is 25.8 Å². The predicted molar refractivity (Wildman–Crippen MR) is 132 cm³/mol. The molecule has 8 heteroatoms. The molecule has 2 aliphatic heterocycles. The minimum atomic E-state index is -0.158. The van der Waals surface area contributed by atoms with Gasteiger partial charge in [0.1, 0.15) is 5.82 Å². The number of aromatic nitrogens is 1. The maximum absolute atomic E-state index is 12.7. The molecule has 2 aromatic rings. The number of rotatable bonds is 5. The second kappa shape index (κ2) is 9.79. The van der Waals surface area contributed by atoms with Gasteiger partial charge in [-0.1, -0.05) is 13.8 Å². The van der Waals surface area contributed by atoms with Crippen molar-refractivity contribution in [3.63, 3.8) is 0 Å². The van der Waals surface area contributed by atoms with E-state index in [9.17, 15) is 9.59 Å². The fourth-order valence-electron chi connectivity index (χ4n) is 5.13. The van der Waals surface area contributed by atoms with Crippen molar-refractivity contribution in [3.8, 4) is 0 Å². The Morgan fingerprint density at radius 2 is 1.94 bits per heavy atom. The molecule has 1 aromatic heterocycles. The lowest BCUT2D eigenvalue weighted by molar-refractivity contribution is -0.117. The van der Waals surface area contributed by atoms with Gasteiger partial charge < -0.3 is 25.8 Å². The number of anilines is 3. The number of benzene rings is 1. The van der Waals surface area contributed by atoms with E-state index in [2.05, 4.69) is 57.9 Å². The van der Waals surface area contributed by atoms with Crippen LogP contribution in [0.3, 0.4) is 0 Å². The molecule has 8 nitrogen and oxygen atoms in total. The van der Waals surface area contributed by atoms with Gasteiger partial charge in [-0.05, 0) is 36.8 Å². The van der Waals surface area contributed by atoms with Crippen LogP contribution in [0.15, 0.2) is 36.5 Å². The Labute approximate surface area is 195 Å². The Balaban J connectivity index is 1.73. The third-order valence-electron chi connectivity index (χ3n) is 6.87. The summed E-state index contributed by atoms with van der Waals surface area (Å²) in [5, 5.41) is 9.64. The second-order valence-electron chi connectivity index (χ2n) is 8.84. The van der Waals surface area contributed by atoms with E-state index in [4.69, 9.17) is 0 Å². The van der Waals surface area contributed by atoms with E-state index in [1.807, 2.05) is 11.0 Å². The van der Waals surface area contributed by atoms with Crippen LogP contribution in [0.4, 0.5) is 17.2 Å². The van der Waals surface area contributed by atoms with Crippen molar-refractivity contribution in [2.45, 2.75) is 39.3 Å². The summed E-state index contributed by atoms with van der Waals surface area (Å²) in [5.41, 5.74) is 3.77. The van der Waals surface area contributed by atoms with Crippen LogP contribution in [0.2, 0.25) is 0 Å². The molecule has 3 atom stereocenters. The van der Waals surface area contributed by atoms with Crippen LogP contribution in [-0.4, -0.2) is 56.1 Å². The molecule has 0 aliphatic carbocycles. The zero-order valence-corrected chi connectivity index (χ0v) is 19.9. The Kier molecular flexibility index (Phi) is 6.83. The molecule has 0 saturated carbocycles. The summed E-state index contributed by atoms with van der Waals surface area (Å²) in [5.74, 6) is 0.792. The highest BCUT2D eigenvalue weighted by Crippen LogP contribution is 2.44. The lowest BCUT2D eigenvalue weighted by Crippen LogP contribution is -2.50. The highest BCUT2D eigenvalue weighted by Gasteiger charge is 2.40. The molecule has 1 saturated heterocycles. The second-order valence-corrected chi connectivity index (χ2v) is 8.84. The van der Waals surface area contributed by atoms with Gasteiger partial charge in [0.2, 0.25) is 5.91 Å². The smallest absolute Gasteiger partial charge is 0.252 e. The SMILES string of the molecule is CC[C@H]1[C@H](C)[C@@H](Nc2ccc(C(=O)NC)cn2)c2cc(N3CCNCC3)ccc2N1C(C)=O. The van der Waals surface area contributed by atoms with Crippen molar-refractivity contribution in [1.29, 1.82) is 0 Å². The summed E-state index contributed by atoms with van der Waals surface area (Å²) < 4.78 is 0. The first kappa shape index (κ1) is 23.0. The number of hydrogen-bond acceptors (Lipinski definition) is 6. The Morgan fingerprint density at radius 3 is 2.55 bits per heavy atom. The quantitative estimate of drug-likeness (QED) is 0.649. The normalized spacial score (nSPS) is 22.5. The highest BCUT2D eigenvalue weighted by molar-refractivity contribution is 5.95. The average Bonchev–Trinajstić information content (AvgIpc) is 2.85. The monoisotopic (exact) mass is 450 g/mol. The number of hydrogen-bond donors (Lipinski definition) is 3. The standard InChI is InChI=1S/C25H34N6O2/c1-5-21-16(2)24(29-23-9-6-18(15-28-23)25(33)26-4)20-14-19(30-12-10-27-11-13-30)7-8-22(20)31(21)17(3)32/h6-9,14-16,21,24,27H,5,10-13H2,1-4H3,(H,26,33)(H,28,29)/t16-,21-,24+/m0/s1. The third kappa shape index (κ3) is 4.53. The van der Waals surface area contributed by atoms with E-state index >= 15 is 0 Å². The molecular weight excluding hydrogens is 416 g/mol. The summed E-state index contributed by atoms with van der Waals surface area (Å²) in [6, 6.07) is 10.2. The van der Waals surface area contributed by atoms with Gasteiger partial charge in [0, 0.05) is 75.2 Å². The van der Waals surface area contributed by atoms with Gasteiger partial charge in [-0.25, -0.2) is 4.98 Å². The molecule has 176 valence electrons. The maximum Gasteiger partial charge on any atom is 0.252 e. The van der Waals surface area contributed by atoms with Crippen LogP contribution in [0.1, 0.15) is 49.2 Å². The molecule has 4 rings (SSSR count). The van der Waals surface area contributed by atoms with E-state index in [0.717, 1.165) is 43.9 Å². The number of nitrogens with one attached hydrogen (secondary N) is 3. The molecular formula is C25H34N6O2. The van der Waals surface area contributed by atoms with Gasteiger partial charge in [0.05, 0.1) is 11.6 Å². The zero-order chi connectivity index (χ0) is 23.5. The summed E-state index contributed by atoms with van der Waals surface area (Å²) in [7, 11) is 1.61. The molecule has 0 radical (unpaired) electrons. The van der Waals surface area contributed by atoms with E-state index in [1.165, 1.54) is 5.69 Å². The number of amides is 2. The summed E-state index contributed by atoms with van der Waals surface area (Å²) in [6.45, 7) is 9.83. The van der Waals surface area contributed by atoms with Crippen LogP contribution in [0.5, 0.6) is 0 Å². The lowest BCUT2D eigenvalue weighted by Gasteiger charge is -2.45. The van der Waals surface area contributed by atoms with E-state index in [1.54, 1.807) is 26.2 Å². The minimum absolute atomic E-state index is 0.0123. The van der Waals surface area contributed by atoms with Gasteiger partial charge >= 0.3 is 0 Å². The minimum Gasteiger partial charge on any atom is -0.369 e. The third-order valence-corrected chi connectivity index (χ3v) is 6.87. The van der Waals surface area contributed by atoms with Crippen molar-refractivity contribution in [1.82, 2.24) is 15.6 Å². The first-order valence-electron chi connectivity index (χ1n) is 11.8. The fraction of sp³-hybridized carbons (Fsp3) is 0.480. The number of piperazine rings is 1. The van der Waals surface area contributed by atoms with Crippen LogP contribution in [0, 0.1) is 5.92 Å². The van der Waals surface area contributed by atoms with E-state index in [-0.39, 0.29) is 29.8 Å². The van der Waals surface area contributed by atoms with Crippen molar-refractivity contribution in [2.75, 3.05) is 48.3 Å². The van der Waals surface area contributed by atoms with Gasteiger partial charge in [-0.15, -0.1) is 0 Å². The maximum atomic E-state index is 12.7. The first-order valence-corrected chi connectivity index (χ1v) is 11.8. The van der Waals surface area contributed by atoms with Crippen molar-refractivity contribution in [2.24, 2.45) is 5.92 Å². The number of fused-ring (bicyclic) bond motifs is 1. The average molecular weight is 451 g/mol. The number of pyridine rings is 1. The Bertz CT molecular complexity index is 1000. The van der Waals surface area contributed by atoms with Crippen LogP contribution in [-0.2, 0) is 4.79 Å².